The van der Waals surface area contributed by atoms with Crippen molar-refractivity contribution in [1.82, 2.24) is 5.32 Å². The molecule has 5 heteroatoms. The second-order valence-electron chi connectivity index (χ2n) is 4.09. The van der Waals surface area contributed by atoms with Crippen LogP contribution in [0.25, 0.3) is 0 Å². The van der Waals surface area contributed by atoms with E-state index in [1.807, 2.05) is 0 Å². The van der Waals surface area contributed by atoms with Crippen molar-refractivity contribution in [2.75, 3.05) is 25.0 Å². The van der Waals surface area contributed by atoms with Gasteiger partial charge in [0.05, 0.1) is 6.61 Å². The second-order valence-corrected chi connectivity index (χ2v) is 4.53. The molecule has 1 aliphatic heterocycles. The summed E-state index contributed by atoms with van der Waals surface area (Å²) in [7, 11) is 0. The van der Waals surface area contributed by atoms with E-state index in [-0.39, 0.29) is 0 Å². The maximum Gasteiger partial charge on any atom is 0.411 e. The van der Waals surface area contributed by atoms with E-state index in [1.54, 1.807) is 24.3 Å². The lowest BCUT2D eigenvalue weighted by Crippen LogP contribution is -2.20. The Morgan fingerprint density at radius 3 is 2.88 bits per heavy atom. The third-order valence-electron chi connectivity index (χ3n) is 2.70. The van der Waals surface area contributed by atoms with Crippen LogP contribution >= 0.6 is 11.6 Å². The zero-order valence-corrected chi connectivity index (χ0v) is 10.2. The highest BCUT2D eigenvalue weighted by molar-refractivity contribution is 6.30. The highest BCUT2D eigenvalue weighted by Crippen LogP contribution is 2.14. The van der Waals surface area contributed by atoms with Gasteiger partial charge in [-0.1, -0.05) is 11.6 Å². The largest absolute Gasteiger partial charge is 0.449 e. The fourth-order valence-electron chi connectivity index (χ4n) is 1.74. The first kappa shape index (κ1) is 12.2. The fraction of sp³-hybridized carbons (Fsp3) is 0.417. The number of hydrogen-bond acceptors (Lipinski definition) is 3. The van der Waals surface area contributed by atoms with Crippen molar-refractivity contribution in [3.8, 4) is 0 Å². The highest BCUT2D eigenvalue weighted by Gasteiger charge is 2.16. The first-order valence-electron chi connectivity index (χ1n) is 5.64. The number of nitrogens with one attached hydrogen (secondary N) is 2. The molecule has 1 aromatic rings. The van der Waals surface area contributed by atoms with Crippen LogP contribution in [0.1, 0.15) is 6.42 Å². The third-order valence-corrected chi connectivity index (χ3v) is 2.96. The Labute approximate surface area is 105 Å². The van der Waals surface area contributed by atoms with Gasteiger partial charge >= 0.3 is 6.09 Å². The number of benzene rings is 1. The average Bonchev–Trinajstić information content (AvgIpc) is 2.83. The Bertz CT molecular complexity index is 375. The second kappa shape index (κ2) is 5.89. The zero-order valence-electron chi connectivity index (χ0n) is 9.41. The van der Waals surface area contributed by atoms with E-state index in [0.29, 0.717) is 23.2 Å². The van der Waals surface area contributed by atoms with Crippen LogP contribution in [0.4, 0.5) is 10.5 Å². The van der Waals surface area contributed by atoms with Crippen LogP contribution < -0.4 is 10.6 Å². The van der Waals surface area contributed by atoms with Gasteiger partial charge in [0.2, 0.25) is 0 Å². The molecule has 1 atom stereocenters. The Kier molecular flexibility index (Phi) is 4.23. The summed E-state index contributed by atoms with van der Waals surface area (Å²) in [4.78, 5) is 11.5. The van der Waals surface area contributed by atoms with Crippen LogP contribution in [0.3, 0.4) is 0 Å². The standard InChI is InChI=1S/C12H15ClN2O2/c13-10-1-3-11(4-2-10)15-12(16)17-8-9-5-6-14-7-9/h1-4,9,14H,5-8H2,(H,15,16). The normalized spacial score (nSPS) is 19.0. The molecule has 1 heterocycles. The number of rotatable bonds is 3. The molecule has 0 bridgehead atoms. The van der Waals surface area contributed by atoms with Crippen molar-refractivity contribution < 1.29 is 9.53 Å². The molecular weight excluding hydrogens is 240 g/mol. The molecule has 0 spiro atoms. The number of anilines is 1. The van der Waals surface area contributed by atoms with Gasteiger partial charge in [0.25, 0.3) is 0 Å². The van der Waals surface area contributed by atoms with Crippen molar-refractivity contribution >= 4 is 23.4 Å². The molecule has 92 valence electrons. The number of hydrogen-bond donors (Lipinski definition) is 2. The molecule has 0 aromatic heterocycles. The molecule has 1 amide bonds. The summed E-state index contributed by atoms with van der Waals surface area (Å²) in [5, 5.41) is 6.52. The Morgan fingerprint density at radius 2 is 2.24 bits per heavy atom. The van der Waals surface area contributed by atoms with Gasteiger partial charge in [0, 0.05) is 23.2 Å². The smallest absolute Gasteiger partial charge is 0.411 e. The summed E-state index contributed by atoms with van der Waals surface area (Å²) in [5.41, 5.74) is 0.684. The number of carbonyl (C=O) groups excluding carboxylic acids is 1. The molecule has 4 nitrogen and oxygen atoms in total. The lowest BCUT2D eigenvalue weighted by atomic mass is 10.1. The van der Waals surface area contributed by atoms with Gasteiger partial charge in [-0.05, 0) is 37.2 Å². The highest BCUT2D eigenvalue weighted by atomic mass is 35.5. The molecular formula is C12H15ClN2O2. The minimum absolute atomic E-state index is 0.417. The monoisotopic (exact) mass is 254 g/mol. The molecule has 0 aliphatic carbocycles. The van der Waals surface area contributed by atoms with Crippen LogP contribution in [0.15, 0.2) is 24.3 Å². The summed E-state index contributed by atoms with van der Waals surface area (Å²) >= 11 is 5.74. The van der Waals surface area contributed by atoms with E-state index in [0.717, 1.165) is 19.5 Å². The number of ether oxygens (including phenoxy) is 1. The maximum absolute atomic E-state index is 11.5. The van der Waals surface area contributed by atoms with Gasteiger partial charge in [-0.15, -0.1) is 0 Å². The number of carbonyl (C=O) groups is 1. The van der Waals surface area contributed by atoms with Crippen molar-refractivity contribution in [2.45, 2.75) is 6.42 Å². The van der Waals surface area contributed by atoms with Crippen LogP contribution in [-0.2, 0) is 4.74 Å². The molecule has 1 aromatic carbocycles. The lowest BCUT2D eigenvalue weighted by Gasteiger charge is -2.10. The molecule has 0 saturated carbocycles. The Hall–Kier alpha value is -1.26. The third kappa shape index (κ3) is 3.91. The summed E-state index contributed by atoms with van der Waals surface area (Å²) < 4.78 is 5.14. The van der Waals surface area contributed by atoms with Crippen LogP contribution in [0.2, 0.25) is 5.02 Å². The van der Waals surface area contributed by atoms with Gasteiger partial charge in [0.15, 0.2) is 0 Å². The SMILES string of the molecule is O=C(Nc1ccc(Cl)cc1)OCC1CCNC1. The van der Waals surface area contributed by atoms with Gasteiger partial charge in [-0.25, -0.2) is 4.79 Å². The van der Waals surface area contributed by atoms with E-state index in [9.17, 15) is 4.79 Å². The van der Waals surface area contributed by atoms with Gasteiger partial charge in [-0.2, -0.15) is 0 Å². The molecule has 1 saturated heterocycles. The van der Waals surface area contributed by atoms with Crippen molar-refractivity contribution in [1.29, 1.82) is 0 Å². The van der Waals surface area contributed by atoms with E-state index in [4.69, 9.17) is 16.3 Å². The molecule has 0 radical (unpaired) electrons. The molecule has 1 unspecified atom stereocenters. The molecule has 1 aliphatic rings. The Morgan fingerprint density at radius 1 is 1.47 bits per heavy atom. The average molecular weight is 255 g/mol. The summed E-state index contributed by atoms with van der Waals surface area (Å²) in [5.74, 6) is 0.436. The lowest BCUT2D eigenvalue weighted by molar-refractivity contribution is 0.144. The molecule has 17 heavy (non-hydrogen) atoms. The summed E-state index contributed by atoms with van der Waals surface area (Å²) in [6.45, 7) is 2.40. The van der Waals surface area contributed by atoms with Gasteiger partial charge in [-0.3, -0.25) is 5.32 Å². The van der Waals surface area contributed by atoms with E-state index in [1.165, 1.54) is 0 Å². The van der Waals surface area contributed by atoms with Crippen LogP contribution in [0.5, 0.6) is 0 Å². The molecule has 2 rings (SSSR count). The van der Waals surface area contributed by atoms with Crippen molar-refractivity contribution in [3.05, 3.63) is 29.3 Å². The van der Waals surface area contributed by atoms with E-state index in [2.05, 4.69) is 10.6 Å². The van der Waals surface area contributed by atoms with Crippen molar-refractivity contribution in [3.63, 3.8) is 0 Å². The van der Waals surface area contributed by atoms with Crippen LogP contribution in [0, 0.1) is 5.92 Å². The van der Waals surface area contributed by atoms with E-state index >= 15 is 0 Å². The quantitative estimate of drug-likeness (QED) is 0.871. The topological polar surface area (TPSA) is 50.4 Å². The minimum atomic E-state index is -0.417. The Balaban J connectivity index is 1.74. The van der Waals surface area contributed by atoms with E-state index < -0.39 is 6.09 Å². The predicted molar refractivity (Wildman–Crippen MR) is 67.4 cm³/mol. The number of halogens is 1. The fourth-order valence-corrected chi connectivity index (χ4v) is 1.86. The maximum atomic E-state index is 11.5. The zero-order chi connectivity index (χ0) is 12.1. The number of amides is 1. The minimum Gasteiger partial charge on any atom is -0.449 e. The summed E-state index contributed by atoms with van der Waals surface area (Å²) in [6, 6.07) is 6.91. The summed E-state index contributed by atoms with van der Waals surface area (Å²) in [6.07, 6.45) is 0.646. The first-order chi connectivity index (χ1) is 8.24. The van der Waals surface area contributed by atoms with Gasteiger partial charge < -0.3 is 10.1 Å². The first-order valence-corrected chi connectivity index (χ1v) is 6.02. The van der Waals surface area contributed by atoms with Crippen molar-refractivity contribution in [2.24, 2.45) is 5.92 Å². The van der Waals surface area contributed by atoms with Gasteiger partial charge in [0.1, 0.15) is 0 Å². The predicted octanol–water partition coefficient (Wildman–Crippen LogP) is 2.50. The molecule has 1 fully saturated rings. The molecule has 2 N–H and O–H groups in total. The van der Waals surface area contributed by atoms with Crippen LogP contribution in [-0.4, -0.2) is 25.8 Å².